The van der Waals surface area contributed by atoms with Crippen molar-refractivity contribution < 1.29 is 0 Å². The van der Waals surface area contributed by atoms with Crippen LogP contribution in [0.3, 0.4) is 0 Å². The first-order chi connectivity index (χ1) is 7.81. The predicted octanol–water partition coefficient (Wildman–Crippen LogP) is 0.690. The summed E-state index contributed by atoms with van der Waals surface area (Å²) in [5, 5.41) is 3.27. The van der Waals surface area contributed by atoms with Crippen LogP contribution in [-0.2, 0) is 6.54 Å². The quantitative estimate of drug-likeness (QED) is 0.313. The maximum absolute atomic E-state index is 5.77. The highest BCUT2D eigenvalue weighted by Crippen LogP contribution is 2.18. The largest absolute Gasteiger partial charge is 0.369 e. The van der Waals surface area contributed by atoms with E-state index in [9.17, 15) is 0 Å². The molecule has 5 nitrogen and oxygen atoms in total. The van der Waals surface area contributed by atoms with E-state index >= 15 is 0 Å². The Bertz CT molecular complexity index is 461. The smallest absolute Gasteiger partial charge is 0.201 e. The van der Waals surface area contributed by atoms with E-state index in [1.165, 1.54) is 17.5 Å². The molecular formula is C11H13N5. The van der Waals surface area contributed by atoms with Crippen LogP contribution in [0.5, 0.6) is 0 Å². The minimum absolute atomic E-state index is 0.375. The molecule has 0 saturated heterocycles. The second kappa shape index (κ2) is 4.48. The van der Waals surface area contributed by atoms with E-state index in [4.69, 9.17) is 11.6 Å². The van der Waals surface area contributed by atoms with Gasteiger partial charge in [-0.05, 0) is 17.2 Å². The van der Waals surface area contributed by atoms with Gasteiger partial charge in [0.2, 0.25) is 5.96 Å². The lowest BCUT2D eigenvalue weighted by Gasteiger charge is -2.23. The molecule has 0 spiro atoms. The van der Waals surface area contributed by atoms with Gasteiger partial charge in [0.15, 0.2) is 0 Å². The molecule has 0 amide bonds. The normalized spacial score (nSPS) is 15.5. The number of hydrogen-bond donors (Lipinski definition) is 2. The minimum atomic E-state index is 0.375. The van der Waals surface area contributed by atoms with Crippen molar-refractivity contribution in [2.75, 3.05) is 0 Å². The topological polar surface area (TPSA) is 80.0 Å². The molecule has 82 valence electrons. The zero-order chi connectivity index (χ0) is 11.4. The van der Waals surface area contributed by atoms with Gasteiger partial charge in [0.05, 0.1) is 6.54 Å². The van der Waals surface area contributed by atoms with E-state index in [1.54, 1.807) is 0 Å². The number of guanidine groups is 1. The van der Waals surface area contributed by atoms with Crippen LogP contribution in [-0.4, -0.2) is 17.2 Å². The van der Waals surface area contributed by atoms with E-state index in [2.05, 4.69) is 22.2 Å². The molecule has 0 bridgehead atoms. The van der Waals surface area contributed by atoms with Gasteiger partial charge in [0.1, 0.15) is 6.34 Å². The molecule has 1 aliphatic rings. The van der Waals surface area contributed by atoms with Crippen molar-refractivity contribution in [3.05, 3.63) is 41.6 Å². The number of nitrogens with zero attached hydrogens (tertiary/aromatic N) is 3. The van der Waals surface area contributed by atoms with Crippen molar-refractivity contribution in [2.24, 2.45) is 21.7 Å². The minimum Gasteiger partial charge on any atom is -0.369 e. The average molecular weight is 215 g/mol. The lowest BCUT2D eigenvalue weighted by Crippen LogP contribution is -2.34. The fourth-order valence-electron chi connectivity index (χ4n) is 1.57. The van der Waals surface area contributed by atoms with Gasteiger partial charge >= 0.3 is 0 Å². The number of nitrogens with two attached hydrogens (primary N) is 2. The highest BCUT2D eigenvalue weighted by Gasteiger charge is 2.11. The standard InChI is InChI=1S/C11H13N5/c12-11(14-8-15-13)16-6-5-9-3-1-2-4-10(9)7-16/h1-6,8H,7,13H2,(H2,12,14,15). The van der Waals surface area contributed by atoms with Crippen molar-refractivity contribution in [2.45, 2.75) is 6.54 Å². The molecular weight excluding hydrogens is 202 g/mol. The SMILES string of the molecule is N/N=C/N=C(N)N1C=Cc2ccccc2C1. The van der Waals surface area contributed by atoms with Gasteiger partial charge in [0.25, 0.3) is 0 Å². The molecule has 4 N–H and O–H groups in total. The molecule has 0 fully saturated rings. The molecule has 0 unspecified atom stereocenters. The van der Waals surface area contributed by atoms with E-state index in [0.29, 0.717) is 12.5 Å². The summed E-state index contributed by atoms with van der Waals surface area (Å²) in [6.45, 7) is 0.709. The molecule has 0 aliphatic carbocycles. The zero-order valence-corrected chi connectivity index (χ0v) is 8.74. The highest BCUT2D eigenvalue weighted by molar-refractivity contribution is 5.87. The molecule has 1 aliphatic heterocycles. The van der Waals surface area contributed by atoms with Crippen LogP contribution in [0.25, 0.3) is 6.08 Å². The summed E-state index contributed by atoms with van der Waals surface area (Å²) < 4.78 is 0. The predicted molar refractivity (Wildman–Crippen MR) is 65.3 cm³/mol. The molecule has 1 aromatic carbocycles. The second-order valence-electron chi connectivity index (χ2n) is 3.39. The molecule has 1 aromatic rings. The molecule has 16 heavy (non-hydrogen) atoms. The molecule has 0 radical (unpaired) electrons. The van der Waals surface area contributed by atoms with Gasteiger partial charge in [-0.1, -0.05) is 24.3 Å². The molecule has 0 aromatic heterocycles. The fourth-order valence-corrected chi connectivity index (χ4v) is 1.57. The van der Waals surface area contributed by atoms with Gasteiger partial charge in [-0.25, -0.2) is 4.99 Å². The number of hydrogen-bond acceptors (Lipinski definition) is 2. The molecule has 0 atom stereocenters. The van der Waals surface area contributed by atoms with Crippen molar-refractivity contribution in [1.29, 1.82) is 0 Å². The van der Waals surface area contributed by atoms with Gasteiger partial charge in [-0.3, -0.25) is 0 Å². The number of rotatable bonds is 1. The van der Waals surface area contributed by atoms with Crippen molar-refractivity contribution >= 4 is 18.4 Å². The number of benzene rings is 1. The lowest BCUT2D eigenvalue weighted by atomic mass is 10.0. The van der Waals surface area contributed by atoms with E-state index in [-0.39, 0.29) is 0 Å². The summed E-state index contributed by atoms with van der Waals surface area (Å²) in [5.41, 5.74) is 8.19. The van der Waals surface area contributed by atoms with E-state index < -0.39 is 0 Å². The Morgan fingerprint density at radius 1 is 1.38 bits per heavy atom. The van der Waals surface area contributed by atoms with Gasteiger partial charge in [0, 0.05) is 6.20 Å². The van der Waals surface area contributed by atoms with Crippen LogP contribution in [0, 0.1) is 0 Å². The van der Waals surface area contributed by atoms with Crippen molar-refractivity contribution in [1.82, 2.24) is 4.90 Å². The second-order valence-corrected chi connectivity index (χ2v) is 3.39. The fraction of sp³-hybridized carbons (Fsp3) is 0.0909. The van der Waals surface area contributed by atoms with Crippen LogP contribution in [0.1, 0.15) is 11.1 Å². The van der Waals surface area contributed by atoms with Gasteiger partial charge in [-0.2, -0.15) is 5.10 Å². The Labute approximate surface area is 93.8 Å². The average Bonchev–Trinajstić information content (AvgIpc) is 2.35. The summed E-state index contributed by atoms with van der Waals surface area (Å²) in [5.74, 6) is 5.33. The van der Waals surface area contributed by atoms with Crippen molar-refractivity contribution in [3.63, 3.8) is 0 Å². The Morgan fingerprint density at radius 2 is 2.19 bits per heavy atom. The summed E-state index contributed by atoms with van der Waals surface area (Å²) >= 11 is 0. The zero-order valence-electron chi connectivity index (χ0n) is 8.74. The van der Waals surface area contributed by atoms with Crippen LogP contribution in [0.2, 0.25) is 0 Å². The first-order valence-corrected chi connectivity index (χ1v) is 4.89. The van der Waals surface area contributed by atoms with Crippen LogP contribution < -0.4 is 11.6 Å². The summed E-state index contributed by atoms with van der Waals surface area (Å²) in [6, 6.07) is 8.15. The number of hydrazone groups is 1. The Morgan fingerprint density at radius 3 is 3.00 bits per heavy atom. The van der Waals surface area contributed by atoms with Crippen LogP contribution in [0.4, 0.5) is 0 Å². The van der Waals surface area contributed by atoms with Crippen LogP contribution >= 0.6 is 0 Å². The summed E-state index contributed by atoms with van der Waals surface area (Å²) in [7, 11) is 0. The molecule has 2 rings (SSSR count). The van der Waals surface area contributed by atoms with Gasteiger partial charge in [-0.15, -0.1) is 0 Å². The number of fused-ring (bicyclic) bond motifs is 1. The third-order valence-corrected chi connectivity index (χ3v) is 2.38. The number of aliphatic imine (C=N–C) groups is 1. The lowest BCUT2D eigenvalue weighted by molar-refractivity contribution is 0.542. The Kier molecular flexibility index (Phi) is 2.86. The van der Waals surface area contributed by atoms with Crippen molar-refractivity contribution in [3.8, 4) is 0 Å². The first-order valence-electron chi connectivity index (χ1n) is 4.89. The first kappa shape index (κ1) is 10.2. The molecule has 0 saturated carbocycles. The monoisotopic (exact) mass is 215 g/mol. The third-order valence-electron chi connectivity index (χ3n) is 2.38. The maximum atomic E-state index is 5.77. The molecule has 1 heterocycles. The summed E-state index contributed by atoms with van der Waals surface area (Å²) in [4.78, 5) is 5.73. The van der Waals surface area contributed by atoms with Crippen LogP contribution in [0.15, 0.2) is 40.6 Å². The van der Waals surface area contributed by atoms with E-state index in [1.807, 2.05) is 29.3 Å². The summed E-state index contributed by atoms with van der Waals surface area (Å²) in [6.07, 6.45) is 5.12. The Balaban J connectivity index is 2.20. The van der Waals surface area contributed by atoms with E-state index in [0.717, 1.165) is 0 Å². The highest BCUT2D eigenvalue weighted by atomic mass is 15.3. The van der Waals surface area contributed by atoms with Gasteiger partial charge < -0.3 is 16.5 Å². The molecule has 5 heteroatoms. The Hall–Kier alpha value is -2.30. The third kappa shape index (κ3) is 2.03. The maximum Gasteiger partial charge on any atom is 0.201 e.